The molecule has 1 saturated heterocycles. The molecule has 198 valence electrons. The monoisotopic (exact) mass is 615 g/mol. The fraction of sp³-hybridized carbons (Fsp3) is 0.500. The van der Waals surface area contributed by atoms with E-state index in [0.29, 0.717) is 0 Å². The smallest absolute Gasteiger partial charge is 0.753 e. The molecule has 0 bridgehead atoms. The van der Waals surface area contributed by atoms with Crippen molar-refractivity contribution in [1.29, 1.82) is 0 Å². The van der Waals surface area contributed by atoms with Crippen molar-refractivity contribution in [2.24, 2.45) is 0 Å². The predicted molar refractivity (Wildman–Crippen MR) is 95.4 cm³/mol. The van der Waals surface area contributed by atoms with E-state index in [1.165, 1.54) is 10.9 Å². The summed E-state index contributed by atoms with van der Waals surface area (Å²) in [5.41, 5.74) is 6.04. The van der Waals surface area contributed by atoms with Crippen molar-refractivity contribution in [1.82, 2.24) is 19.5 Å². The number of anilines is 1. The molecule has 0 saturated carbocycles. The molecule has 22 nitrogen and oxygen atoms in total. The maximum atomic E-state index is 11.4. The first-order valence-corrected chi connectivity index (χ1v) is 13.0. The van der Waals surface area contributed by atoms with E-state index in [-0.39, 0.29) is 76.1 Å². The number of nitrogen functional groups attached to an aromatic ring is 1. The second kappa shape index (κ2) is 14.4. The molecule has 2 unspecified atom stereocenters. The first-order chi connectivity index (χ1) is 16.3. The number of rotatable bonds is 12. The average Bonchev–Trinajstić information content (AvgIpc) is 3.31. The van der Waals surface area contributed by atoms with Crippen molar-refractivity contribution in [3.05, 3.63) is 12.7 Å². The first-order valence-electron chi connectivity index (χ1n) is 8.55. The van der Waals surface area contributed by atoms with Crippen LogP contribution in [0.3, 0.4) is 0 Å². The summed E-state index contributed by atoms with van der Waals surface area (Å²) in [4.78, 5) is 44.4. The van der Waals surface area contributed by atoms with Gasteiger partial charge in [0.1, 0.15) is 36.8 Å². The van der Waals surface area contributed by atoms with E-state index in [9.17, 15) is 34.1 Å². The Labute approximate surface area is 248 Å². The van der Waals surface area contributed by atoms with Crippen LogP contribution in [-0.4, -0.2) is 64.4 Å². The summed E-state index contributed by atoms with van der Waals surface area (Å²) in [6.07, 6.45) is -3.36. The summed E-state index contributed by atoms with van der Waals surface area (Å²) >= 11 is 0. The quantitative estimate of drug-likeness (QED) is 0.0486. The van der Waals surface area contributed by atoms with Gasteiger partial charge in [-0.1, -0.05) is 5.04 Å². The van der Waals surface area contributed by atoms with Gasteiger partial charge >= 0.3 is 82.6 Å². The molecule has 3 heterocycles. The Balaban J connectivity index is 0.00000342. The number of aromatic nitrogens is 4. The molecule has 1 fully saturated rings. The van der Waals surface area contributed by atoms with E-state index in [4.69, 9.17) is 20.3 Å². The molecule has 6 atom stereocenters. The summed E-state index contributed by atoms with van der Waals surface area (Å²) in [6.45, 7) is -0.761. The number of aliphatic hydroxyl groups excluding tert-OH is 2. The number of nitrogens with two attached hydrogens (primary N) is 1. The fourth-order valence-corrected chi connectivity index (χ4v) is 4.65. The third kappa shape index (κ3) is 9.52. The molecule has 1 aliphatic rings. The largest absolute Gasteiger partial charge is 1.00 e. The Hall–Kier alpha value is 0.480. The number of hydrogen-bond acceptors (Lipinski definition) is 19. The van der Waals surface area contributed by atoms with Crippen molar-refractivity contribution >= 4 is 40.4 Å². The molecule has 27 heteroatoms. The van der Waals surface area contributed by atoms with Gasteiger partial charge in [-0.3, -0.25) is 9.13 Å². The van der Waals surface area contributed by atoms with Gasteiger partial charge in [0.15, 0.2) is 17.7 Å². The summed E-state index contributed by atoms with van der Waals surface area (Å²) in [5.74, 6) is 0.0481. The summed E-state index contributed by atoms with van der Waals surface area (Å²) in [7, 11) is -17.1. The molecule has 37 heavy (non-hydrogen) atoms. The van der Waals surface area contributed by atoms with E-state index in [1.807, 2.05) is 0 Å². The summed E-state index contributed by atoms with van der Waals surface area (Å²) < 4.78 is 56.6. The van der Waals surface area contributed by atoms with Crippen LogP contribution >= 0.6 is 23.5 Å². The number of phosphoric acid groups is 3. The number of fused-ring (bicyclic) bond motifs is 1. The van der Waals surface area contributed by atoms with Gasteiger partial charge < -0.3 is 45.3 Å². The molecule has 2 aromatic rings. The van der Waals surface area contributed by atoms with Crippen molar-refractivity contribution in [3.63, 3.8) is 0 Å². The van der Waals surface area contributed by atoms with E-state index in [2.05, 4.69) is 47.9 Å². The molecule has 2 aromatic heterocycles. The zero-order valence-corrected chi connectivity index (χ0v) is 25.2. The van der Waals surface area contributed by atoms with Gasteiger partial charge in [0.2, 0.25) is 0 Å². The minimum Gasteiger partial charge on any atom is -0.753 e. The van der Waals surface area contributed by atoms with Crippen LogP contribution in [0.5, 0.6) is 0 Å². The van der Waals surface area contributed by atoms with Crippen LogP contribution in [0.15, 0.2) is 12.7 Å². The normalized spacial score (nSPS) is 25.1. The number of ether oxygens (including phenoxy) is 1. The molecule has 0 aromatic carbocycles. The average molecular weight is 615 g/mol. The third-order valence-electron chi connectivity index (χ3n) is 3.91. The zero-order chi connectivity index (χ0) is 26.0. The van der Waals surface area contributed by atoms with Crippen LogP contribution in [0, 0.1) is 0 Å². The first kappa shape index (κ1) is 35.5. The van der Waals surface area contributed by atoms with E-state index >= 15 is 0 Å². The molecule has 0 amide bonds. The van der Waals surface area contributed by atoms with Crippen molar-refractivity contribution in [2.75, 3.05) is 12.3 Å². The third-order valence-corrected chi connectivity index (χ3v) is 6.62. The Morgan fingerprint density at radius 3 is 2.38 bits per heavy atom. The van der Waals surface area contributed by atoms with Crippen LogP contribution in [0.25, 0.3) is 11.2 Å². The minimum atomic E-state index is -5.77. The predicted octanol–water partition coefficient (Wildman–Crippen LogP) is -9.16. The molecule has 0 spiro atoms. The molecule has 0 aliphatic carbocycles. The molecule has 0 radical (unpaired) electrons. The number of hydrogen-bond donors (Lipinski definition) is 5. The van der Waals surface area contributed by atoms with Crippen molar-refractivity contribution in [2.45, 2.75) is 24.5 Å². The van der Waals surface area contributed by atoms with Crippen molar-refractivity contribution in [3.8, 4) is 0 Å². The molecular weight excluding hydrogens is 601 g/mol. The second-order valence-corrected chi connectivity index (χ2v) is 10.3. The Kier molecular flexibility index (Phi) is 13.8. The van der Waals surface area contributed by atoms with Gasteiger partial charge in [0.05, 0.1) is 6.33 Å². The molecule has 6 N–H and O–H groups in total. The Morgan fingerprint density at radius 2 is 1.76 bits per heavy atom. The Bertz CT molecular complexity index is 1180. The summed E-state index contributed by atoms with van der Waals surface area (Å²) in [5, 5.41) is 34.5. The molecule has 1 aliphatic heterocycles. The Morgan fingerprint density at radius 1 is 1.08 bits per heavy atom. The standard InChI is InChI=1S/C10H16N5O17P3.2Na/c11-8-5-9(13-2-12-8)15(3-14-5)10-7(17)6(16)4(26-10)1-25-28-29-34(22,23)30-31-35(24,27-18)32-33(19,20)21;;/h2-4,6-7,10,16-18H,1H2,(H,22,23)(H2,11,12,13)(H2,19,20,21);;/q;2*+1/p-2/t4-,6-,7-,10-,35?;;/m1../s1. The topological polar surface area (TPSA) is 322 Å². The van der Waals surface area contributed by atoms with Gasteiger partial charge in [-0.25, -0.2) is 29.0 Å². The zero-order valence-electron chi connectivity index (χ0n) is 18.5. The van der Waals surface area contributed by atoms with Gasteiger partial charge in [-0.2, -0.15) is 4.31 Å². The minimum absolute atomic E-state index is 0. The van der Waals surface area contributed by atoms with E-state index in [0.717, 1.165) is 6.33 Å². The number of imidazole rings is 1. The van der Waals surface area contributed by atoms with Gasteiger partial charge in [0.25, 0.3) is 0 Å². The van der Waals surface area contributed by atoms with Gasteiger partial charge in [-0.05, 0) is 0 Å². The molecular formula is C10H14N5Na2O17P3. The number of nitrogens with zero attached hydrogens (tertiary/aromatic N) is 4. The van der Waals surface area contributed by atoms with E-state index < -0.39 is 54.6 Å². The maximum Gasteiger partial charge on any atom is 1.00 e. The van der Waals surface area contributed by atoms with Crippen LogP contribution in [0.4, 0.5) is 5.82 Å². The van der Waals surface area contributed by atoms with Crippen LogP contribution in [0.2, 0.25) is 0 Å². The SMILES string of the molecule is Nc1ncnc2c1ncn2[C@@H]1O[C@H](COOOP(=O)([O-])OOP(=O)(O[O-])OP(=O)(O)O)[C@@H](O)[C@H]1O.[Na+].[Na+]. The molecule has 3 rings (SSSR count). The van der Waals surface area contributed by atoms with Crippen LogP contribution < -0.4 is 75.0 Å². The van der Waals surface area contributed by atoms with Gasteiger partial charge in [-0.15, -0.1) is 14.0 Å². The second-order valence-electron chi connectivity index (χ2n) is 6.25. The number of aliphatic hydroxyl groups is 2. The summed E-state index contributed by atoms with van der Waals surface area (Å²) in [6, 6.07) is 0. The van der Waals surface area contributed by atoms with Crippen molar-refractivity contribution < 1.29 is 141 Å². The fourth-order valence-electron chi connectivity index (χ4n) is 2.57. The van der Waals surface area contributed by atoms with Crippen LogP contribution in [0.1, 0.15) is 6.23 Å². The van der Waals surface area contributed by atoms with Gasteiger partial charge in [0, 0.05) is 0 Å². The maximum absolute atomic E-state index is 11.4. The van der Waals surface area contributed by atoms with E-state index in [1.54, 1.807) is 0 Å². The van der Waals surface area contributed by atoms with Crippen LogP contribution in [-0.2, 0) is 51.4 Å².